The first-order chi connectivity index (χ1) is 7.27. The molecular weight excluding hydrogens is 229 g/mol. The number of carboxylic acids is 1. The van der Waals surface area contributed by atoms with E-state index in [1.165, 1.54) is 0 Å². The molecule has 1 rings (SSSR count). The highest BCUT2D eigenvalue weighted by molar-refractivity contribution is 7.59. The average molecular weight is 243 g/mol. The second-order valence-electron chi connectivity index (χ2n) is 3.80. The van der Waals surface area contributed by atoms with Gasteiger partial charge in [-0.05, 0) is 12.5 Å². The fourth-order valence-electron chi connectivity index (χ4n) is 1.14. The van der Waals surface area contributed by atoms with Crippen LogP contribution in [0.15, 0.2) is 30.3 Å². The van der Waals surface area contributed by atoms with Crippen LogP contribution in [0, 0.1) is 0 Å². The van der Waals surface area contributed by atoms with Crippen molar-refractivity contribution in [2.45, 2.75) is 18.4 Å². The van der Waals surface area contributed by atoms with Crippen LogP contribution in [0.5, 0.6) is 0 Å². The van der Waals surface area contributed by atoms with E-state index < -0.39 is 18.6 Å². The second-order valence-corrected chi connectivity index (χ2v) is 6.45. The Bertz CT molecular complexity index is 430. The first-order valence-corrected chi connectivity index (χ1v) is 6.50. The minimum Gasteiger partial charge on any atom is -0.479 e. The maximum Gasteiger partial charge on any atom is 0.333 e. The summed E-state index contributed by atoms with van der Waals surface area (Å²) in [4.78, 5) is 20.5. The van der Waals surface area contributed by atoms with Crippen molar-refractivity contribution in [3.63, 3.8) is 0 Å². The van der Waals surface area contributed by atoms with Gasteiger partial charge in [-0.3, -0.25) is 4.57 Å². The van der Waals surface area contributed by atoms with E-state index >= 15 is 0 Å². The van der Waals surface area contributed by atoms with Crippen LogP contribution in [0.2, 0.25) is 0 Å². The number of nitrogens with two attached hydrogens (primary N) is 1. The highest BCUT2D eigenvalue weighted by Gasteiger charge is 2.46. The molecule has 0 amide bonds. The molecule has 0 fully saturated rings. The standard InChI is InChI=1S/C10H14NO4P/c1-10(11,9(12)13)16(14,15)7-8-5-3-2-4-6-8/h2-6H,7,11H2,1H3,(H,12,13)(H,14,15). The van der Waals surface area contributed by atoms with Crippen molar-refractivity contribution in [2.75, 3.05) is 0 Å². The lowest BCUT2D eigenvalue weighted by molar-refractivity contribution is -0.139. The Balaban J connectivity index is 2.97. The number of hydrogen-bond donors (Lipinski definition) is 3. The predicted molar refractivity (Wildman–Crippen MR) is 60.2 cm³/mol. The highest BCUT2D eigenvalue weighted by atomic mass is 31.2. The van der Waals surface area contributed by atoms with E-state index in [1.54, 1.807) is 30.3 Å². The summed E-state index contributed by atoms with van der Waals surface area (Å²) in [5, 5.41) is 6.68. The average Bonchev–Trinajstić information content (AvgIpc) is 2.18. The zero-order valence-electron chi connectivity index (χ0n) is 8.83. The maximum atomic E-state index is 11.9. The summed E-state index contributed by atoms with van der Waals surface area (Å²) in [5.74, 6) is -1.48. The van der Waals surface area contributed by atoms with E-state index in [-0.39, 0.29) is 6.16 Å². The molecule has 5 nitrogen and oxygen atoms in total. The second kappa shape index (κ2) is 4.37. The van der Waals surface area contributed by atoms with Gasteiger partial charge in [-0.15, -0.1) is 0 Å². The molecule has 0 aliphatic rings. The lowest BCUT2D eigenvalue weighted by Crippen LogP contribution is -2.44. The first-order valence-electron chi connectivity index (χ1n) is 4.65. The van der Waals surface area contributed by atoms with Crippen molar-refractivity contribution < 1.29 is 19.4 Å². The molecule has 88 valence electrons. The molecule has 6 heteroatoms. The Kier molecular flexibility index (Phi) is 3.53. The minimum absolute atomic E-state index is 0.243. The van der Waals surface area contributed by atoms with Crippen molar-refractivity contribution >= 4 is 13.3 Å². The summed E-state index contributed by atoms with van der Waals surface area (Å²) < 4.78 is 11.9. The Morgan fingerprint density at radius 2 is 1.94 bits per heavy atom. The third-order valence-electron chi connectivity index (χ3n) is 2.40. The van der Waals surface area contributed by atoms with E-state index in [2.05, 4.69) is 0 Å². The fraction of sp³-hybridized carbons (Fsp3) is 0.300. The molecule has 1 aromatic rings. The largest absolute Gasteiger partial charge is 0.479 e. The molecule has 16 heavy (non-hydrogen) atoms. The zero-order chi connectivity index (χ0) is 12.4. The van der Waals surface area contributed by atoms with Crippen LogP contribution in [0.1, 0.15) is 12.5 Å². The monoisotopic (exact) mass is 243 g/mol. The van der Waals surface area contributed by atoms with Crippen LogP contribution in [-0.4, -0.2) is 21.2 Å². The van der Waals surface area contributed by atoms with Gasteiger partial charge in [0.15, 0.2) is 5.28 Å². The summed E-state index contributed by atoms with van der Waals surface area (Å²) in [5.41, 5.74) is 5.96. The highest BCUT2D eigenvalue weighted by Crippen LogP contribution is 2.54. The van der Waals surface area contributed by atoms with Crippen LogP contribution in [0.3, 0.4) is 0 Å². The van der Waals surface area contributed by atoms with E-state index in [9.17, 15) is 14.3 Å². The van der Waals surface area contributed by atoms with Gasteiger partial charge in [0.05, 0.1) is 6.16 Å². The van der Waals surface area contributed by atoms with E-state index in [1.807, 2.05) is 0 Å². The van der Waals surface area contributed by atoms with Gasteiger partial charge in [-0.25, -0.2) is 4.79 Å². The van der Waals surface area contributed by atoms with Gasteiger partial charge in [-0.2, -0.15) is 0 Å². The van der Waals surface area contributed by atoms with Gasteiger partial charge >= 0.3 is 5.97 Å². The van der Waals surface area contributed by atoms with Gasteiger partial charge in [0, 0.05) is 0 Å². The van der Waals surface area contributed by atoms with Gasteiger partial charge < -0.3 is 15.7 Å². The molecule has 2 unspecified atom stereocenters. The van der Waals surface area contributed by atoms with Crippen molar-refractivity contribution in [3.05, 3.63) is 35.9 Å². The quantitative estimate of drug-likeness (QED) is 0.690. The zero-order valence-corrected chi connectivity index (χ0v) is 9.72. The number of rotatable bonds is 4. The van der Waals surface area contributed by atoms with Gasteiger partial charge in [0.1, 0.15) is 0 Å². The number of aliphatic carboxylic acids is 1. The maximum absolute atomic E-state index is 11.9. The van der Waals surface area contributed by atoms with Crippen LogP contribution in [0.4, 0.5) is 0 Å². The molecule has 1 aromatic carbocycles. The normalized spacial score (nSPS) is 18.4. The van der Waals surface area contributed by atoms with E-state index in [0.29, 0.717) is 5.56 Å². The van der Waals surface area contributed by atoms with Crippen molar-refractivity contribution in [2.24, 2.45) is 5.73 Å². The number of hydrogen-bond acceptors (Lipinski definition) is 3. The van der Waals surface area contributed by atoms with Gasteiger partial charge in [0.25, 0.3) is 0 Å². The Labute approximate surface area is 93.4 Å². The predicted octanol–water partition coefficient (Wildman–Crippen LogP) is 1.22. The topological polar surface area (TPSA) is 101 Å². The summed E-state index contributed by atoms with van der Waals surface area (Å²) in [7, 11) is -4.00. The third-order valence-corrected chi connectivity index (χ3v) is 4.84. The molecule has 0 heterocycles. The lowest BCUT2D eigenvalue weighted by Gasteiger charge is -2.25. The third kappa shape index (κ3) is 2.50. The summed E-state index contributed by atoms with van der Waals surface area (Å²) in [6.07, 6.45) is -0.243. The summed E-state index contributed by atoms with van der Waals surface area (Å²) >= 11 is 0. The number of carboxylic acid groups (broad SMARTS) is 1. The van der Waals surface area contributed by atoms with Crippen LogP contribution in [-0.2, 0) is 15.5 Å². The lowest BCUT2D eigenvalue weighted by atomic mass is 10.2. The van der Waals surface area contributed by atoms with Crippen molar-refractivity contribution in [1.29, 1.82) is 0 Å². The molecular formula is C10H14NO4P. The van der Waals surface area contributed by atoms with Gasteiger partial charge in [-0.1, -0.05) is 30.3 Å². The Morgan fingerprint density at radius 1 is 1.44 bits per heavy atom. The molecule has 0 saturated carbocycles. The van der Waals surface area contributed by atoms with E-state index in [0.717, 1.165) is 6.92 Å². The fourth-order valence-corrected chi connectivity index (χ4v) is 2.48. The molecule has 4 N–H and O–H groups in total. The molecule has 0 aliphatic carbocycles. The molecule has 2 atom stereocenters. The van der Waals surface area contributed by atoms with Crippen LogP contribution in [0.25, 0.3) is 0 Å². The van der Waals surface area contributed by atoms with E-state index in [4.69, 9.17) is 10.8 Å². The Morgan fingerprint density at radius 3 is 2.38 bits per heavy atom. The molecule has 0 bridgehead atoms. The minimum atomic E-state index is -4.00. The number of carbonyl (C=O) groups is 1. The summed E-state index contributed by atoms with van der Waals surface area (Å²) in [6.45, 7) is 1.05. The molecule has 0 aliphatic heterocycles. The Hall–Kier alpha value is -1.16. The first kappa shape index (κ1) is 12.9. The van der Waals surface area contributed by atoms with Crippen LogP contribution >= 0.6 is 7.37 Å². The molecule has 0 spiro atoms. The number of benzene rings is 1. The smallest absolute Gasteiger partial charge is 0.333 e. The van der Waals surface area contributed by atoms with Crippen molar-refractivity contribution in [1.82, 2.24) is 0 Å². The SMILES string of the molecule is CC(N)(C(=O)O)P(=O)(O)Cc1ccccc1. The van der Waals surface area contributed by atoms with Crippen LogP contribution < -0.4 is 5.73 Å². The summed E-state index contributed by atoms with van der Waals surface area (Å²) in [6, 6.07) is 8.50. The molecule has 0 aromatic heterocycles. The molecule has 0 radical (unpaired) electrons. The van der Waals surface area contributed by atoms with Crippen molar-refractivity contribution in [3.8, 4) is 0 Å². The van der Waals surface area contributed by atoms with Gasteiger partial charge in [0.2, 0.25) is 7.37 Å². The molecule has 0 saturated heterocycles.